The maximum Gasteiger partial charge on any atom is 0.273 e. The number of nitro groups is 1. The first-order chi connectivity index (χ1) is 13.5. The van der Waals surface area contributed by atoms with Gasteiger partial charge in [-0.15, -0.1) is 0 Å². The number of fused-ring (bicyclic) bond motifs is 1. The van der Waals surface area contributed by atoms with Gasteiger partial charge in [-0.05, 0) is 35.7 Å². The molecule has 0 bridgehead atoms. The third-order valence-electron chi connectivity index (χ3n) is 4.74. The Morgan fingerprint density at radius 1 is 1.18 bits per heavy atom. The van der Waals surface area contributed by atoms with Gasteiger partial charge in [-0.1, -0.05) is 6.07 Å². The van der Waals surface area contributed by atoms with Crippen molar-refractivity contribution in [3.8, 4) is 17.2 Å². The minimum absolute atomic E-state index is 0.0380. The summed E-state index contributed by atoms with van der Waals surface area (Å²) in [5.74, 6) is 1.78. The van der Waals surface area contributed by atoms with Gasteiger partial charge in [0.05, 0.1) is 25.2 Å². The number of aliphatic hydroxyl groups is 1. The predicted octanol–water partition coefficient (Wildman–Crippen LogP) is 2.41. The lowest BCUT2D eigenvalue weighted by atomic mass is 9.98. The third-order valence-corrected chi connectivity index (χ3v) is 4.74. The van der Waals surface area contributed by atoms with Crippen LogP contribution in [0.25, 0.3) is 0 Å². The molecular formula is C20H24N2O6. The molecule has 2 aromatic carbocycles. The molecule has 1 heterocycles. The van der Waals surface area contributed by atoms with E-state index < -0.39 is 11.0 Å². The largest absolute Gasteiger partial charge is 0.493 e. The molecule has 8 heteroatoms. The topological polar surface area (TPSA) is 94.3 Å². The summed E-state index contributed by atoms with van der Waals surface area (Å²) < 4.78 is 16.2. The molecule has 1 aliphatic heterocycles. The summed E-state index contributed by atoms with van der Waals surface area (Å²) in [6.07, 6.45) is 0.148. The number of methoxy groups -OCH3 is 2. The zero-order valence-corrected chi connectivity index (χ0v) is 16.0. The molecule has 28 heavy (non-hydrogen) atoms. The van der Waals surface area contributed by atoms with Crippen molar-refractivity contribution in [1.29, 1.82) is 0 Å². The SMILES string of the molecule is COc1cc2c(cc1OC)CN(CC(O)COc1cccc([N+](=O)[O-])c1)CC2. The summed E-state index contributed by atoms with van der Waals surface area (Å²) >= 11 is 0. The maximum absolute atomic E-state index is 10.8. The van der Waals surface area contributed by atoms with Crippen LogP contribution in [0.2, 0.25) is 0 Å². The number of rotatable bonds is 8. The highest BCUT2D eigenvalue weighted by Gasteiger charge is 2.21. The summed E-state index contributed by atoms with van der Waals surface area (Å²) in [6.45, 7) is 2.03. The van der Waals surface area contributed by atoms with Crippen LogP contribution in [-0.2, 0) is 13.0 Å². The Kier molecular flexibility index (Phi) is 6.33. The minimum atomic E-state index is -0.707. The molecule has 2 aromatic rings. The highest BCUT2D eigenvalue weighted by Crippen LogP contribution is 2.33. The lowest BCUT2D eigenvalue weighted by molar-refractivity contribution is -0.384. The summed E-state index contributed by atoms with van der Waals surface area (Å²) in [7, 11) is 3.23. The van der Waals surface area contributed by atoms with Gasteiger partial charge in [-0.3, -0.25) is 15.0 Å². The molecule has 3 rings (SSSR count). The third kappa shape index (κ3) is 4.71. The van der Waals surface area contributed by atoms with Crippen molar-refractivity contribution in [2.75, 3.05) is 33.9 Å². The zero-order chi connectivity index (χ0) is 20.1. The van der Waals surface area contributed by atoms with E-state index in [9.17, 15) is 15.2 Å². The molecule has 8 nitrogen and oxygen atoms in total. The van der Waals surface area contributed by atoms with Crippen molar-refractivity contribution in [1.82, 2.24) is 4.90 Å². The van der Waals surface area contributed by atoms with E-state index in [1.165, 1.54) is 17.7 Å². The Hall–Kier alpha value is -2.84. The smallest absolute Gasteiger partial charge is 0.273 e. The molecule has 0 saturated heterocycles. The highest BCUT2D eigenvalue weighted by atomic mass is 16.6. The lowest BCUT2D eigenvalue weighted by Gasteiger charge is -2.31. The van der Waals surface area contributed by atoms with Crippen LogP contribution < -0.4 is 14.2 Å². The van der Waals surface area contributed by atoms with Crippen LogP contribution in [0.15, 0.2) is 36.4 Å². The standard InChI is InChI=1S/C20H24N2O6/c1-26-19-8-14-6-7-21(11-15(14)9-20(19)27-2)12-17(23)13-28-18-5-3-4-16(10-18)22(24)25/h3-5,8-10,17,23H,6-7,11-13H2,1-2H3. The van der Waals surface area contributed by atoms with E-state index >= 15 is 0 Å². The molecule has 0 amide bonds. The van der Waals surface area contributed by atoms with Crippen molar-refractivity contribution in [3.63, 3.8) is 0 Å². The Morgan fingerprint density at radius 2 is 1.89 bits per heavy atom. The molecule has 0 fully saturated rings. The monoisotopic (exact) mass is 388 g/mol. The first-order valence-corrected chi connectivity index (χ1v) is 9.01. The fraction of sp³-hybridized carbons (Fsp3) is 0.400. The van der Waals surface area contributed by atoms with Crippen molar-refractivity contribution in [3.05, 3.63) is 57.6 Å². The molecule has 150 valence electrons. The van der Waals surface area contributed by atoms with Crippen LogP contribution in [0.1, 0.15) is 11.1 Å². The van der Waals surface area contributed by atoms with E-state index in [1.807, 2.05) is 12.1 Å². The number of benzene rings is 2. The van der Waals surface area contributed by atoms with Crippen LogP contribution in [0.3, 0.4) is 0 Å². The van der Waals surface area contributed by atoms with Gasteiger partial charge >= 0.3 is 0 Å². The van der Waals surface area contributed by atoms with Crippen LogP contribution in [0, 0.1) is 10.1 Å². The van der Waals surface area contributed by atoms with E-state index in [4.69, 9.17) is 14.2 Å². The lowest BCUT2D eigenvalue weighted by Crippen LogP contribution is -2.38. The number of β-amino-alcohol motifs (C(OH)–C–C–N with tert-alkyl or cyclic N) is 1. The second-order valence-corrected chi connectivity index (χ2v) is 6.68. The van der Waals surface area contributed by atoms with Gasteiger partial charge in [0.1, 0.15) is 18.5 Å². The summed E-state index contributed by atoms with van der Waals surface area (Å²) in [5, 5.41) is 21.1. The van der Waals surface area contributed by atoms with Crippen molar-refractivity contribution in [2.24, 2.45) is 0 Å². The molecular weight excluding hydrogens is 364 g/mol. The summed E-state index contributed by atoms with van der Waals surface area (Å²) in [6, 6.07) is 9.93. The summed E-state index contributed by atoms with van der Waals surface area (Å²) in [4.78, 5) is 12.5. The molecule has 1 aliphatic rings. The van der Waals surface area contributed by atoms with Crippen molar-refractivity contribution >= 4 is 5.69 Å². The van der Waals surface area contributed by atoms with Crippen LogP contribution >= 0.6 is 0 Å². The van der Waals surface area contributed by atoms with Gasteiger partial charge in [0.15, 0.2) is 11.5 Å². The Labute approximate surface area is 163 Å². The van der Waals surface area contributed by atoms with Gasteiger partial charge in [0.2, 0.25) is 0 Å². The number of aliphatic hydroxyl groups excluding tert-OH is 1. The molecule has 0 spiro atoms. The van der Waals surface area contributed by atoms with Gasteiger partial charge in [0, 0.05) is 25.7 Å². The van der Waals surface area contributed by atoms with Gasteiger partial charge in [-0.2, -0.15) is 0 Å². The Balaban J connectivity index is 1.56. The number of non-ortho nitro benzene ring substituents is 1. The maximum atomic E-state index is 10.8. The normalized spacial score (nSPS) is 14.8. The quantitative estimate of drug-likeness (QED) is 0.548. The number of nitrogens with zero attached hydrogens (tertiary/aromatic N) is 2. The van der Waals surface area contributed by atoms with E-state index in [0.29, 0.717) is 24.6 Å². The average Bonchev–Trinajstić information content (AvgIpc) is 2.71. The first-order valence-electron chi connectivity index (χ1n) is 9.01. The predicted molar refractivity (Wildman–Crippen MR) is 103 cm³/mol. The molecule has 0 radical (unpaired) electrons. The van der Waals surface area contributed by atoms with Crippen molar-refractivity contribution in [2.45, 2.75) is 19.1 Å². The minimum Gasteiger partial charge on any atom is -0.493 e. The number of hydrogen-bond donors (Lipinski definition) is 1. The fourth-order valence-corrected chi connectivity index (χ4v) is 3.33. The molecule has 0 saturated carbocycles. The molecule has 0 aliphatic carbocycles. The Bertz CT molecular complexity index is 841. The first kappa shape index (κ1) is 19.9. The molecule has 1 atom stereocenters. The zero-order valence-electron chi connectivity index (χ0n) is 16.0. The Morgan fingerprint density at radius 3 is 2.57 bits per heavy atom. The van der Waals surface area contributed by atoms with Crippen LogP contribution in [0.5, 0.6) is 17.2 Å². The fourth-order valence-electron chi connectivity index (χ4n) is 3.33. The van der Waals surface area contributed by atoms with E-state index in [1.54, 1.807) is 26.4 Å². The molecule has 1 N–H and O–H groups in total. The number of hydrogen-bond acceptors (Lipinski definition) is 7. The average molecular weight is 388 g/mol. The summed E-state index contributed by atoms with van der Waals surface area (Å²) in [5.41, 5.74) is 2.33. The van der Waals surface area contributed by atoms with E-state index in [2.05, 4.69) is 4.90 Å². The van der Waals surface area contributed by atoms with Gasteiger partial charge in [0.25, 0.3) is 5.69 Å². The van der Waals surface area contributed by atoms with Gasteiger partial charge < -0.3 is 19.3 Å². The number of ether oxygens (including phenoxy) is 3. The second-order valence-electron chi connectivity index (χ2n) is 6.68. The van der Waals surface area contributed by atoms with Crippen LogP contribution in [0.4, 0.5) is 5.69 Å². The van der Waals surface area contributed by atoms with Crippen LogP contribution in [-0.4, -0.2) is 54.9 Å². The molecule has 1 unspecified atom stereocenters. The molecule has 0 aromatic heterocycles. The van der Waals surface area contributed by atoms with E-state index in [-0.39, 0.29) is 12.3 Å². The highest BCUT2D eigenvalue weighted by molar-refractivity contribution is 5.48. The second kappa shape index (κ2) is 8.90. The van der Waals surface area contributed by atoms with Crippen molar-refractivity contribution < 1.29 is 24.2 Å². The van der Waals surface area contributed by atoms with E-state index in [0.717, 1.165) is 24.3 Å². The van der Waals surface area contributed by atoms with Gasteiger partial charge in [-0.25, -0.2) is 0 Å². The number of nitro benzene ring substituents is 1.